The molecule has 1 aliphatic heterocycles. The summed E-state index contributed by atoms with van der Waals surface area (Å²) < 4.78 is 31.8. The molecule has 0 aliphatic carbocycles. The molecule has 0 aromatic heterocycles. The van der Waals surface area contributed by atoms with E-state index in [1.807, 2.05) is 12.1 Å². The van der Waals surface area contributed by atoms with Crippen LogP contribution in [0.15, 0.2) is 24.3 Å². The van der Waals surface area contributed by atoms with Gasteiger partial charge < -0.3 is 10.5 Å². The van der Waals surface area contributed by atoms with Gasteiger partial charge in [0.1, 0.15) is 5.54 Å². The van der Waals surface area contributed by atoms with Crippen molar-refractivity contribution in [3.05, 3.63) is 29.8 Å². The maximum absolute atomic E-state index is 12.3. The lowest BCUT2D eigenvalue weighted by molar-refractivity contribution is -0.0666. The number of nitrogens with one attached hydrogen (secondary N) is 1. The molecule has 0 radical (unpaired) electrons. The zero-order valence-electron chi connectivity index (χ0n) is 11.4. The lowest BCUT2D eigenvalue weighted by atomic mass is 9.89. The molecule has 1 saturated heterocycles. The summed E-state index contributed by atoms with van der Waals surface area (Å²) in [4.78, 5) is 0. The van der Waals surface area contributed by atoms with Crippen LogP contribution in [0, 0.1) is 0 Å². The zero-order chi connectivity index (χ0) is 14.3. The van der Waals surface area contributed by atoms with Gasteiger partial charge in [0.25, 0.3) is 0 Å². The number of hydrogen-bond donors (Lipinski definition) is 2. The van der Waals surface area contributed by atoms with E-state index in [0.717, 1.165) is 5.56 Å². The van der Waals surface area contributed by atoms with Crippen molar-refractivity contribution < 1.29 is 13.2 Å². The minimum Gasteiger partial charge on any atom is -0.399 e. The van der Waals surface area contributed by atoms with Gasteiger partial charge >= 0.3 is 0 Å². The van der Waals surface area contributed by atoms with Gasteiger partial charge in [0.15, 0.2) is 0 Å². The summed E-state index contributed by atoms with van der Waals surface area (Å²) in [6, 6.07) is 7.20. The molecular formula is C13H20N2O3S. The van der Waals surface area contributed by atoms with Gasteiger partial charge in [0, 0.05) is 5.69 Å². The standard InChI is InChI=1S/C13H20N2O3S/c1-12(2,3)19(16,17)15-13(8-18-9-13)10-4-6-11(14)7-5-10/h4-7,15H,8-9,14H2,1-3H3. The van der Waals surface area contributed by atoms with E-state index in [4.69, 9.17) is 10.5 Å². The average Bonchev–Trinajstić information content (AvgIpc) is 2.23. The Kier molecular flexibility index (Phi) is 3.36. The fourth-order valence-electron chi connectivity index (χ4n) is 1.80. The second-order valence-corrected chi connectivity index (χ2v) is 8.35. The molecule has 1 aromatic rings. The van der Waals surface area contributed by atoms with Crippen molar-refractivity contribution in [2.45, 2.75) is 31.1 Å². The van der Waals surface area contributed by atoms with Crippen molar-refractivity contribution in [2.24, 2.45) is 0 Å². The average molecular weight is 284 g/mol. The van der Waals surface area contributed by atoms with Crippen LogP contribution in [0.5, 0.6) is 0 Å². The highest BCUT2D eigenvalue weighted by Gasteiger charge is 2.46. The van der Waals surface area contributed by atoms with E-state index in [1.54, 1.807) is 32.9 Å². The molecule has 0 spiro atoms. The maximum Gasteiger partial charge on any atom is 0.217 e. The zero-order valence-corrected chi connectivity index (χ0v) is 12.3. The predicted octanol–water partition coefficient (Wildman–Crippen LogP) is 1.21. The second-order valence-electron chi connectivity index (χ2n) is 5.91. The lowest BCUT2D eigenvalue weighted by Crippen LogP contribution is -2.61. The third kappa shape index (κ3) is 2.61. The van der Waals surface area contributed by atoms with Gasteiger partial charge in [-0.3, -0.25) is 0 Å². The lowest BCUT2D eigenvalue weighted by Gasteiger charge is -2.43. The summed E-state index contributed by atoms with van der Waals surface area (Å²) >= 11 is 0. The van der Waals surface area contributed by atoms with Gasteiger partial charge in [-0.15, -0.1) is 0 Å². The number of anilines is 1. The smallest absolute Gasteiger partial charge is 0.217 e. The van der Waals surface area contributed by atoms with Crippen molar-refractivity contribution in [3.8, 4) is 0 Å². The fourth-order valence-corrected chi connectivity index (χ4v) is 2.86. The van der Waals surface area contributed by atoms with Crippen LogP contribution in [0.25, 0.3) is 0 Å². The summed E-state index contributed by atoms with van der Waals surface area (Å²) in [5.41, 5.74) is 6.52. The Morgan fingerprint density at radius 1 is 1.21 bits per heavy atom. The molecule has 5 nitrogen and oxygen atoms in total. The molecule has 19 heavy (non-hydrogen) atoms. The molecule has 1 heterocycles. The minimum absolute atomic E-state index is 0.340. The first-order chi connectivity index (χ1) is 8.66. The van der Waals surface area contributed by atoms with Crippen LogP contribution in [0.1, 0.15) is 26.3 Å². The van der Waals surface area contributed by atoms with E-state index in [0.29, 0.717) is 18.9 Å². The molecule has 1 aromatic carbocycles. The summed E-state index contributed by atoms with van der Waals surface area (Å²) in [6.45, 7) is 5.70. The largest absolute Gasteiger partial charge is 0.399 e. The Morgan fingerprint density at radius 3 is 2.11 bits per heavy atom. The van der Waals surface area contributed by atoms with Crippen LogP contribution in [0.2, 0.25) is 0 Å². The number of ether oxygens (including phenoxy) is 1. The maximum atomic E-state index is 12.3. The highest BCUT2D eigenvalue weighted by Crippen LogP contribution is 2.32. The molecular weight excluding hydrogens is 264 g/mol. The van der Waals surface area contributed by atoms with Gasteiger partial charge in [0.2, 0.25) is 10.0 Å². The summed E-state index contributed by atoms with van der Waals surface area (Å²) in [5.74, 6) is 0. The van der Waals surface area contributed by atoms with Crippen molar-refractivity contribution >= 4 is 15.7 Å². The Hall–Kier alpha value is -1.11. The number of sulfonamides is 1. The normalized spacial score (nSPS) is 18.9. The first-order valence-electron chi connectivity index (χ1n) is 6.14. The van der Waals surface area contributed by atoms with Crippen LogP contribution in [0.4, 0.5) is 5.69 Å². The SMILES string of the molecule is CC(C)(C)S(=O)(=O)NC1(c2ccc(N)cc2)COC1. The summed E-state index contributed by atoms with van der Waals surface area (Å²) in [7, 11) is -3.44. The molecule has 1 aliphatic rings. The molecule has 6 heteroatoms. The minimum atomic E-state index is -3.44. The molecule has 3 N–H and O–H groups in total. The summed E-state index contributed by atoms with van der Waals surface area (Å²) in [6.07, 6.45) is 0. The van der Waals surface area contributed by atoms with Crippen LogP contribution >= 0.6 is 0 Å². The van der Waals surface area contributed by atoms with Gasteiger partial charge in [-0.1, -0.05) is 12.1 Å². The Bertz CT molecular complexity index is 555. The molecule has 0 unspecified atom stereocenters. The number of benzene rings is 1. The second kappa shape index (κ2) is 4.47. The molecule has 0 atom stereocenters. The number of nitrogen functional groups attached to an aromatic ring is 1. The van der Waals surface area contributed by atoms with Crippen molar-refractivity contribution in [1.82, 2.24) is 4.72 Å². The van der Waals surface area contributed by atoms with Crippen LogP contribution < -0.4 is 10.5 Å². The van der Waals surface area contributed by atoms with Crippen LogP contribution in [-0.4, -0.2) is 26.4 Å². The quantitative estimate of drug-likeness (QED) is 0.818. The van der Waals surface area contributed by atoms with E-state index in [9.17, 15) is 8.42 Å². The van der Waals surface area contributed by atoms with Gasteiger partial charge in [0.05, 0.1) is 18.0 Å². The van der Waals surface area contributed by atoms with E-state index in [1.165, 1.54) is 0 Å². The van der Waals surface area contributed by atoms with Crippen LogP contribution in [-0.2, 0) is 20.3 Å². The van der Waals surface area contributed by atoms with E-state index < -0.39 is 20.3 Å². The summed E-state index contributed by atoms with van der Waals surface area (Å²) in [5, 5.41) is 0. The number of rotatable bonds is 3. The molecule has 0 saturated carbocycles. The van der Waals surface area contributed by atoms with E-state index in [-0.39, 0.29) is 0 Å². The highest BCUT2D eigenvalue weighted by atomic mass is 32.2. The Labute approximate surface area is 114 Å². The molecule has 0 amide bonds. The number of hydrogen-bond acceptors (Lipinski definition) is 4. The van der Waals surface area contributed by atoms with Gasteiger partial charge in [-0.05, 0) is 38.5 Å². The van der Waals surface area contributed by atoms with Crippen molar-refractivity contribution in [3.63, 3.8) is 0 Å². The van der Waals surface area contributed by atoms with Crippen LogP contribution in [0.3, 0.4) is 0 Å². The third-order valence-electron chi connectivity index (χ3n) is 3.30. The van der Waals surface area contributed by atoms with Gasteiger partial charge in [-0.25, -0.2) is 8.42 Å². The highest BCUT2D eigenvalue weighted by molar-refractivity contribution is 7.90. The topological polar surface area (TPSA) is 81.4 Å². The number of nitrogens with two attached hydrogens (primary N) is 1. The predicted molar refractivity (Wildman–Crippen MR) is 75.2 cm³/mol. The molecule has 1 fully saturated rings. The van der Waals surface area contributed by atoms with E-state index >= 15 is 0 Å². The first kappa shape index (κ1) is 14.3. The molecule has 0 bridgehead atoms. The Balaban J connectivity index is 2.32. The van der Waals surface area contributed by atoms with E-state index in [2.05, 4.69) is 4.72 Å². The van der Waals surface area contributed by atoms with Crippen molar-refractivity contribution in [2.75, 3.05) is 18.9 Å². The fraction of sp³-hybridized carbons (Fsp3) is 0.538. The molecule has 106 valence electrons. The molecule has 2 rings (SSSR count). The first-order valence-corrected chi connectivity index (χ1v) is 7.62. The monoisotopic (exact) mass is 284 g/mol. The Morgan fingerprint density at radius 2 is 1.74 bits per heavy atom. The third-order valence-corrected chi connectivity index (χ3v) is 5.57. The van der Waals surface area contributed by atoms with Crippen molar-refractivity contribution in [1.29, 1.82) is 0 Å². The van der Waals surface area contributed by atoms with Gasteiger partial charge in [-0.2, -0.15) is 4.72 Å².